The van der Waals surface area contributed by atoms with E-state index >= 15 is 0 Å². The highest BCUT2D eigenvalue weighted by Crippen LogP contribution is 2.28. The molecule has 0 fully saturated rings. The Labute approximate surface area is 167 Å². The molecule has 2 rings (SSSR count). The number of hydrogen-bond acceptors (Lipinski definition) is 5. The van der Waals surface area contributed by atoms with Crippen LogP contribution in [0.25, 0.3) is 0 Å². The van der Waals surface area contributed by atoms with Crippen LogP contribution in [-0.4, -0.2) is 31.7 Å². The van der Waals surface area contributed by atoms with Gasteiger partial charge in [-0.2, -0.15) is 0 Å². The van der Waals surface area contributed by atoms with Crippen molar-refractivity contribution >= 4 is 40.8 Å². The lowest BCUT2D eigenvalue weighted by molar-refractivity contribution is -0.155. The van der Waals surface area contributed by atoms with Crippen LogP contribution >= 0.6 is 23.2 Å². The fourth-order valence-electron chi connectivity index (χ4n) is 2.21. The van der Waals surface area contributed by atoms with Gasteiger partial charge in [0.05, 0.1) is 12.8 Å². The average Bonchev–Trinajstić information content (AvgIpc) is 2.61. The number of nitrogens with one attached hydrogen (secondary N) is 1. The third-order valence-electron chi connectivity index (χ3n) is 3.58. The van der Waals surface area contributed by atoms with Gasteiger partial charge in [0.1, 0.15) is 11.5 Å². The summed E-state index contributed by atoms with van der Waals surface area (Å²) in [5, 5.41) is 3.62. The van der Waals surface area contributed by atoms with Gasteiger partial charge in [0.15, 0.2) is 12.7 Å². The minimum atomic E-state index is -1.03. The van der Waals surface area contributed by atoms with E-state index in [-0.39, 0.29) is 6.61 Å². The molecular weight excluding hydrogens is 393 g/mol. The molecule has 0 spiro atoms. The minimum absolute atomic E-state index is 0.333. The van der Waals surface area contributed by atoms with E-state index < -0.39 is 18.0 Å². The Bertz CT molecular complexity index is 841. The van der Waals surface area contributed by atoms with E-state index in [9.17, 15) is 9.59 Å². The first-order chi connectivity index (χ1) is 12.8. The van der Waals surface area contributed by atoms with Crippen molar-refractivity contribution in [2.45, 2.75) is 20.0 Å². The minimum Gasteiger partial charge on any atom is -0.495 e. The van der Waals surface area contributed by atoms with Crippen LogP contribution in [0.2, 0.25) is 10.0 Å². The summed E-state index contributed by atoms with van der Waals surface area (Å²) in [6.07, 6.45) is -1.03. The Morgan fingerprint density at radius 3 is 2.33 bits per heavy atom. The van der Waals surface area contributed by atoms with Gasteiger partial charge in [-0.25, -0.2) is 4.79 Å². The lowest BCUT2D eigenvalue weighted by Crippen LogP contribution is -2.31. The summed E-state index contributed by atoms with van der Waals surface area (Å²) < 4.78 is 15.7. The average molecular weight is 412 g/mol. The molecule has 6 nitrogen and oxygen atoms in total. The smallest absolute Gasteiger partial charge is 0.344 e. The summed E-state index contributed by atoms with van der Waals surface area (Å²) in [6.45, 7) is 2.93. The van der Waals surface area contributed by atoms with Crippen molar-refractivity contribution in [2.24, 2.45) is 0 Å². The van der Waals surface area contributed by atoms with E-state index in [1.807, 2.05) is 0 Å². The van der Waals surface area contributed by atoms with Crippen LogP contribution in [0.5, 0.6) is 11.5 Å². The lowest BCUT2D eigenvalue weighted by atomic mass is 10.2. The van der Waals surface area contributed by atoms with Gasteiger partial charge < -0.3 is 19.5 Å². The van der Waals surface area contributed by atoms with Crippen LogP contribution in [0.1, 0.15) is 12.5 Å². The Morgan fingerprint density at radius 1 is 1.07 bits per heavy atom. The quantitative estimate of drug-likeness (QED) is 0.688. The predicted molar refractivity (Wildman–Crippen MR) is 104 cm³/mol. The first kappa shape index (κ1) is 20.9. The second-order valence-electron chi connectivity index (χ2n) is 5.66. The van der Waals surface area contributed by atoms with Gasteiger partial charge in [0.25, 0.3) is 5.91 Å². The third kappa shape index (κ3) is 6.05. The number of methoxy groups -OCH3 is 1. The number of benzene rings is 2. The first-order valence-corrected chi connectivity index (χ1v) is 8.78. The molecule has 1 atom stereocenters. The summed E-state index contributed by atoms with van der Waals surface area (Å²) in [7, 11) is 1.47. The van der Waals surface area contributed by atoms with Gasteiger partial charge in [-0.05, 0) is 55.8 Å². The molecule has 2 aromatic rings. The fourth-order valence-corrected chi connectivity index (χ4v) is 2.61. The van der Waals surface area contributed by atoms with E-state index in [4.69, 9.17) is 37.4 Å². The Balaban J connectivity index is 1.90. The van der Waals surface area contributed by atoms with E-state index in [0.717, 1.165) is 5.56 Å². The maximum absolute atomic E-state index is 12.3. The molecule has 0 heterocycles. The first-order valence-electron chi connectivity index (χ1n) is 8.03. The fraction of sp³-hybridized carbons (Fsp3) is 0.263. The van der Waals surface area contributed by atoms with Crippen LogP contribution in [0.4, 0.5) is 5.69 Å². The number of aryl methyl sites for hydroxylation is 1. The predicted octanol–water partition coefficient (Wildman–Crippen LogP) is 4.26. The van der Waals surface area contributed by atoms with Gasteiger partial charge in [-0.1, -0.05) is 23.2 Å². The molecule has 0 aliphatic carbocycles. The topological polar surface area (TPSA) is 73.9 Å². The number of esters is 1. The summed E-state index contributed by atoms with van der Waals surface area (Å²) in [6, 6.07) is 9.83. The zero-order valence-corrected chi connectivity index (χ0v) is 16.6. The van der Waals surface area contributed by atoms with Crippen LogP contribution in [0.15, 0.2) is 36.4 Å². The van der Waals surface area contributed by atoms with Crippen LogP contribution in [0, 0.1) is 6.92 Å². The molecule has 0 bridgehead atoms. The molecule has 0 radical (unpaired) electrons. The maximum atomic E-state index is 12.3. The molecule has 0 aromatic heterocycles. The molecule has 27 heavy (non-hydrogen) atoms. The molecule has 0 unspecified atom stereocenters. The van der Waals surface area contributed by atoms with Crippen LogP contribution in [0.3, 0.4) is 0 Å². The number of halogens is 2. The summed E-state index contributed by atoms with van der Waals surface area (Å²) in [5.41, 5.74) is 1.17. The number of carbonyl (C=O) groups excluding carboxylic acids is 2. The zero-order chi connectivity index (χ0) is 20.0. The number of rotatable bonds is 7. The summed E-state index contributed by atoms with van der Waals surface area (Å²) >= 11 is 11.8. The summed E-state index contributed by atoms with van der Waals surface area (Å²) in [5.74, 6) is -0.249. The highest BCUT2D eigenvalue weighted by atomic mass is 35.5. The third-order valence-corrected chi connectivity index (χ3v) is 4.05. The van der Waals surface area contributed by atoms with Crippen molar-refractivity contribution in [3.8, 4) is 11.5 Å². The summed E-state index contributed by atoms with van der Waals surface area (Å²) in [4.78, 5) is 24.2. The Hall–Kier alpha value is -2.44. The number of amides is 1. The standard InChI is InChI=1S/C19H19Cl2NO5/c1-11-8-13(20)4-6-16(11)26-10-18(23)27-12(2)19(24)22-15-9-14(21)5-7-17(15)25-3/h4-9,12H,10H2,1-3H3,(H,22,24)/t12-/m0/s1. The number of ether oxygens (including phenoxy) is 3. The van der Waals surface area contributed by atoms with E-state index in [1.54, 1.807) is 43.3 Å². The van der Waals surface area contributed by atoms with Crippen LogP contribution in [-0.2, 0) is 14.3 Å². The highest BCUT2D eigenvalue weighted by molar-refractivity contribution is 6.31. The van der Waals surface area contributed by atoms with E-state index in [1.165, 1.54) is 14.0 Å². The molecule has 144 valence electrons. The second-order valence-corrected chi connectivity index (χ2v) is 6.54. The largest absolute Gasteiger partial charge is 0.495 e. The van der Waals surface area contributed by atoms with Crippen LogP contribution < -0.4 is 14.8 Å². The SMILES string of the molecule is COc1ccc(Cl)cc1NC(=O)[C@H](C)OC(=O)COc1ccc(Cl)cc1C. The normalized spacial score (nSPS) is 11.4. The van der Waals surface area contributed by atoms with Crippen molar-refractivity contribution in [1.29, 1.82) is 0 Å². The van der Waals surface area contributed by atoms with E-state index in [2.05, 4.69) is 5.32 Å². The molecule has 0 saturated carbocycles. The van der Waals surface area contributed by atoms with Crippen molar-refractivity contribution in [1.82, 2.24) is 0 Å². The Morgan fingerprint density at radius 2 is 1.70 bits per heavy atom. The van der Waals surface area contributed by atoms with Crippen molar-refractivity contribution < 1.29 is 23.8 Å². The molecule has 1 N–H and O–H groups in total. The van der Waals surface area contributed by atoms with Gasteiger partial charge >= 0.3 is 5.97 Å². The molecule has 0 aliphatic rings. The zero-order valence-electron chi connectivity index (χ0n) is 15.0. The van der Waals surface area contributed by atoms with Gasteiger partial charge in [0, 0.05) is 10.0 Å². The van der Waals surface area contributed by atoms with Gasteiger partial charge in [0.2, 0.25) is 0 Å². The molecule has 0 saturated heterocycles. The highest BCUT2D eigenvalue weighted by Gasteiger charge is 2.20. The molecular formula is C19H19Cl2NO5. The molecule has 1 amide bonds. The van der Waals surface area contributed by atoms with Gasteiger partial charge in [-0.15, -0.1) is 0 Å². The Kier molecular flexibility index (Phi) is 7.33. The number of carbonyl (C=O) groups is 2. The van der Waals surface area contributed by atoms with Crippen molar-refractivity contribution in [2.75, 3.05) is 19.0 Å². The molecule has 8 heteroatoms. The molecule has 0 aliphatic heterocycles. The molecule has 2 aromatic carbocycles. The number of hydrogen-bond donors (Lipinski definition) is 1. The van der Waals surface area contributed by atoms with Crippen molar-refractivity contribution in [3.05, 3.63) is 52.0 Å². The second kappa shape index (κ2) is 9.48. The van der Waals surface area contributed by atoms with E-state index in [0.29, 0.717) is 27.2 Å². The monoisotopic (exact) mass is 411 g/mol. The number of anilines is 1. The lowest BCUT2D eigenvalue weighted by Gasteiger charge is -2.16. The van der Waals surface area contributed by atoms with Crippen molar-refractivity contribution in [3.63, 3.8) is 0 Å². The maximum Gasteiger partial charge on any atom is 0.344 e. The van der Waals surface area contributed by atoms with Gasteiger partial charge in [-0.3, -0.25) is 4.79 Å².